The number of hydrogen-bond acceptors (Lipinski definition) is 3. The number of carbonyl (C=O) groups is 1. The van der Waals surface area contributed by atoms with Crippen LogP contribution in [0.15, 0.2) is 24.3 Å². The molecule has 1 unspecified atom stereocenters. The Morgan fingerprint density at radius 1 is 1.25 bits per heavy atom. The highest BCUT2D eigenvalue weighted by Crippen LogP contribution is 2.50. The van der Waals surface area contributed by atoms with Gasteiger partial charge in [0.15, 0.2) is 0 Å². The summed E-state index contributed by atoms with van der Waals surface area (Å²) in [4.78, 5) is 22.2. The molecule has 1 N–H and O–H groups in total. The molecule has 0 saturated heterocycles. The van der Waals surface area contributed by atoms with E-state index in [1.165, 1.54) is 6.07 Å². The van der Waals surface area contributed by atoms with Crippen LogP contribution in [0.25, 0.3) is 11.0 Å². The Morgan fingerprint density at radius 3 is 2.82 bits per heavy atom. The second-order valence-corrected chi connectivity index (χ2v) is 8.05. The number of carbonyl (C=O) groups excluding carboxylic acids is 1. The zero-order chi connectivity index (χ0) is 19.6. The van der Waals surface area contributed by atoms with Gasteiger partial charge >= 0.3 is 0 Å². The lowest BCUT2D eigenvalue weighted by Crippen LogP contribution is -2.36. The molecule has 144 valence electrons. The Balaban J connectivity index is 1.70. The van der Waals surface area contributed by atoms with E-state index in [9.17, 15) is 9.18 Å². The second kappa shape index (κ2) is 5.80. The second-order valence-electron chi connectivity index (χ2n) is 8.05. The number of amides is 1. The van der Waals surface area contributed by atoms with Gasteiger partial charge < -0.3 is 14.6 Å². The molecule has 1 aliphatic heterocycles. The number of nitrogens with one attached hydrogen (secondary N) is 1. The van der Waals surface area contributed by atoms with E-state index in [2.05, 4.69) is 9.97 Å². The van der Waals surface area contributed by atoms with Gasteiger partial charge in [0.1, 0.15) is 28.5 Å². The van der Waals surface area contributed by atoms with Crippen molar-refractivity contribution in [3.8, 4) is 5.75 Å². The molecule has 1 aliphatic carbocycles. The fourth-order valence-corrected chi connectivity index (χ4v) is 4.70. The van der Waals surface area contributed by atoms with E-state index in [1.807, 2.05) is 19.1 Å². The molecule has 6 heteroatoms. The van der Waals surface area contributed by atoms with E-state index in [1.54, 1.807) is 25.1 Å². The molecule has 2 aromatic carbocycles. The minimum atomic E-state index is -0.470. The first-order chi connectivity index (χ1) is 13.4. The van der Waals surface area contributed by atoms with Crippen molar-refractivity contribution in [2.75, 3.05) is 14.1 Å². The number of halogens is 1. The highest BCUT2D eigenvalue weighted by molar-refractivity contribution is 6.01. The SMILES string of the molecule is Cc1nc2cc(C(=O)N(C)C)c3c(c2[nH]1)OC1(CCc2cc(F)ccc21)CC3. The van der Waals surface area contributed by atoms with Gasteiger partial charge in [-0.25, -0.2) is 9.37 Å². The van der Waals surface area contributed by atoms with Gasteiger partial charge in [0, 0.05) is 25.2 Å². The maximum absolute atomic E-state index is 13.7. The van der Waals surface area contributed by atoms with Crippen LogP contribution in [0.1, 0.15) is 45.7 Å². The molecule has 0 radical (unpaired) electrons. The lowest BCUT2D eigenvalue weighted by atomic mass is 9.84. The summed E-state index contributed by atoms with van der Waals surface area (Å²) >= 11 is 0. The Hall–Kier alpha value is -2.89. The normalized spacial score (nSPS) is 20.1. The number of rotatable bonds is 1. The number of benzene rings is 2. The van der Waals surface area contributed by atoms with Crippen LogP contribution < -0.4 is 4.74 Å². The van der Waals surface area contributed by atoms with Crippen molar-refractivity contribution in [2.24, 2.45) is 0 Å². The average Bonchev–Trinajstić information content (AvgIpc) is 3.20. The van der Waals surface area contributed by atoms with Gasteiger partial charge in [-0.05, 0) is 61.9 Å². The van der Waals surface area contributed by atoms with Gasteiger partial charge in [-0.1, -0.05) is 6.07 Å². The molecule has 1 spiro atoms. The smallest absolute Gasteiger partial charge is 0.253 e. The van der Waals surface area contributed by atoms with Crippen LogP contribution in [-0.2, 0) is 18.4 Å². The van der Waals surface area contributed by atoms with Gasteiger partial charge in [0.25, 0.3) is 5.91 Å². The van der Waals surface area contributed by atoms with Crippen molar-refractivity contribution in [3.05, 3.63) is 58.2 Å². The molecule has 28 heavy (non-hydrogen) atoms. The summed E-state index contributed by atoms with van der Waals surface area (Å²) in [5.74, 6) is 1.24. The van der Waals surface area contributed by atoms with Gasteiger partial charge in [0.05, 0.1) is 5.52 Å². The van der Waals surface area contributed by atoms with E-state index in [-0.39, 0.29) is 11.7 Å². The van der Waals surface area contributed by atoms with Crippen molar-refractivity contribution in [2.45, 2.75) is 38.2 Å². The molecule has 1 aromatic heterocycles. The molecule has 5 rings (SSSR count). The molecule has 5 nitrogen and oxygen atoms in total. The van der Waals surface area contributed by atoms with Crippen molar-refractivity contribution in [1.82, 2.24) is 14.9 Å². The molecule has 0 fully saturated rings. The van der Waals surface area contributed by atoms with Crippen molar-refractivity contribution in [3.63, 3.8) is 0 Å². The number of nitrogens with zero attached hydrogens (tertiary/aromatic N) is 2. The maximum Gasteiger partial charge on any atom is 0.253 e. The number of aryl methyl sites for hydroxylation is 2. The van der Waals surface area contributed by atoms with E-state index < -0.39 is 5.60 Å². The van der Waals surface area contributed by atoms with Crippen molar-refractivity contribution >= 4 is 16.9 Å². The third kappa shape index (κ3) is 2.37. The predicted molar refractivity (Wildman–Crippen MR) is 104 cm³/mol. The zero-order valence-electron chi connectivity index (χ0n) is 16.2. The molecule has 3 aromatic rings. The molecule has 0 bridgehead atoms. The number of ether oxygens (including phenoxy) is 1. The van der Waals surface area contributed by atoms with Crippen molar-refractivity contribution < 1.29 is 13.9 Å². The van der Waals surface area contributed by atoms with Crippen LogP contribution in [0.3, 0.4) is 0 Å². The van der Waals surface area contributed by atoms with E-state index in [0.717, 1.165) is 59.2 Å². The average molecular weight is 379 g/mol. The third-order valence-electron chi connectivity index (χ3n) is 6.03. The number of fused-ring (bicyclic) bond motifs is 5. The summed E-state index contributed by atoms with van der Waals surface area (Å²) in [6, 6.07) is 6.84. The van der Waals surface area contributed by atoms with Gasteiger partial charge in [-0.15, -0.1) is 0 Å². The molecule has 2 heterocycles. The fourth-order valence-electron chi connectivity index (χ4n) is 4.70. The van der Waals surface area contributed by atoms with Crippen LogP contribution in [0.2, 0.25) is 0 Å². The largest absolute Gasteiger partial charge is 0.480 e. The number of imidazole rings is 1. The minimum Gasteiger partial charge on any atom is -0.480 e. The Labute approximate surface area is 162 Å². The number of aromatic nitrogens is 2. The third-order valence-corrected chi connectivity index (χ3v) is 6.03. The van der Waals surface area contributed by atoms with Crippen LogP contribution in [-0.4, -0.2) is 34.9 Å². The lowest BCUT2D eigenvalue weighted by molar-refractivity contribution is 0.0456. The molecule has 2 aliphatic rings. The molecule has 1 atom stereocenters. The van der Waals surface area contributed by atoms with E-state index in [4.69, 9.17) is 4.74 Å². The molecular weight excluding hydrogens is 357 g/mol. The zero-order valence-corrected chi connectivity index (χ0v) is 16.2. The minimum absolute atomic E-state index is 0.0488. The summed E-state index contributed by atoms with van der Waals surface area (Å²) in [5, 5.41) is 0. The fraction of sp³-hybridized carbons (Fsp3) is 0.364. The standard InChI is InChI=1S/C22H22FN3O2/c1-12-24-18-11-16(21(27)26(2)3)15-7-9-22(28-20(15)19(18)25-12)8-6-13-10-14(23)4-5-17(13)22/h4-5,10-11H,6-9H2,1-3H3,(H,24,25). The quantitative estimate of drug-likeness (QED) is 0.698. The summed E-state index contributed by atoms with van der Waals surface area (Å²) in [6.45, 7) is 1.89. The molecule has 0 saturated carbocycles. The van der Waals surface area contributed by atoms with Crippen LogP contribution in [0.4, 0.5) is 4.39 Å². The van der Waals surface area contributed by atoms with Gasteiger partial charge in [-0.3, -0.25) is 4.79 Å². The number of H-pyrrole nitrogens is 1. The maximum atomic E-state index is 13.7. The topological polar surface area (TPSA) is 58.2 Å². The number of aromatic amines is 1. The summed E-state index contributed by atoms with van der Waals surface area (Å²) in [5.41, 5.74) is 4.74. The van der Waals surface area contributed by atoms with E-state index in [0.29, 0.717) is 11.3 Å². The van der Waals surface area contributed by atoms with Gasteiger partial charge in [-0.2, -0.15) is 0 Å². The molecular formula is C22H22FN3O2. The summed E-state index contributed by atoms with van der Waals surface area (Å²) < 4.78 is 20.4. The van der Waals surface area contributed by atoms with Gasteiger partial charge in [0.2, 0.25) is 0 Å². The summed E-state index contributed by atoms with van der Waals surface area (Å²) in [6.07, 6.45) is 3.11. The summed E-state index contributed by atoms with van der Waals surface area (Å²) in [7, 11) is 3.50. The van der Waals surface area contributed by atoms with Crippen LogP contribution >= 0.6 is 0 Å². The molecule has 1 amide bonds. The van der Waals surface area contributed by atoms with E-state index >= 15 is 0 Å². The Morgan fingerprint density at radius 2 is 2.04 bits per heavy atom. The monoisotopic (exact) mass is 379 g/mol. The first-order valence-electron chi connectivity index (χ1n) is 9.60. The highest BCUT2D eigenvalue weighted by atomic mass is 19.1. The lowest BCUT2D eigenvalue weighted by Gasteiger charge is -2.37. The number of hydrogen-bond donors (Lipinski definition) is 1. The van der Waals surface area contributed by atoms with Crippen molar-refractivity contribution in [1.29, 1.82) is 0 Å². The van der Waals surface area contributed by atoms with Crippen LogP contribution in [0, 0.1) is 12.7 Å². The predicted octanol–water partition coefficient (Wildman–Crippen LogP) is 3.88. The Kier molecular flexibility index (Phi) is 3.57. The Bertz CT molecular complexity index is 1130. The first-order valence-corrected chi connectivity index (χ1v) is 9.60. The highest BCUT2D eigenvalue weighted by Gasteiger charge is 2.45. The first kappa shape index (κ1) is 17.2. The van der Waals surface area contributed by atoms with Crippen LogP contribution in [0.5, 0.6) is 5.75 Å².